The topological polar surface area (TPSA) is 88.8 Å². The molecule has 0 spiro atoms. The molecule has 3 aromatic rings. The van der Waals surface area contributed by atoms with E-state index in [4.69, 9.17) is 43.4 Å². The molecule has 10 heteroatoms. The van der Waals surface area contributed by atoms with E-state index in [1.54, 1.807) is 26.5 Å². The summed E-state index contributed by atoms with van der Waals surface area (Å²) in [5.41, 5.74) is 7.09. The van der Waals surface area contributed by atoms with Crippen LogP contribution in [0.2, 0.25) is 10.0 Å². The molecule has 0 saturated carbocycles. The fourth-order valence-corrected chi connectivity index (χ4v) is 4.63. The third-order valence-corrected chi connectivity index (χ3v) is 6.63. The second-order valence-corrected chi connectivity index (χ2v) is 8.80. The van der Waals surface area contributed by atoms with Crippen LogP contribution < -0.4 is 20.5 Å². The molecule has 0 unspecified atom stereocenters. The second-order valence-electron chi connectivity index (χ2n) is 8.04. The third kappa shape index (κ3) is 5.04. The van der Waals surface area contributed by atoms with Crippen LogP contribution in [-0.2, 0) is 0 Å². The van der Waals surface area contributed by atoms with Gasteiger partial charge in [0.25, 0.3) is 0 Å². The summed E-state index contributed by atoms with van der Waals surface area (Å²) in [6.45, 7) is 5.91. The van der Waals surface area contributed by atoms with Gasteiger partial charge in [-0.2, -0.15) is 0 Å². The standard InChI is InChI=1S/C23H28Cl2N6O2/c1-30-6-8-31(9-7-30)5-4-27-23-15-11-19(26)28-13-14(15)10-16(29-23)20-21(24)17(32-2)12-18(33-3)22(20)25/h10-13H,4-9H2,1-3H3,(H2,26,28)(H,27,29). The van der Waals surface area contributed by atoms with E-state index >= 15 is 0 Å². The van der Waals surface area contributed by atoms with E-state index in [0.717, 1.165) is 50.0 Å². The van der Waals surface area contributed by atoms with Crippen molar-refractivity contribution >= 4 is 45.6 Å². The van der Waals surface area contributed by atoms with Crippen molar-refractivity contribution in [3.05, 3.63) is 34.4 Å². The van der Waals surface area contributed by atoms with Gasteiger partial charge < -0.3 is 25.4 Å². The minimum absolute atomic E-state index is 0.363. The van der Waals surface area contributed by atoms with E-state index < -0.39 is 0 Å². The molecule has 3 heterocycles. The Morgan fingerprint density at radius 3 is 2.33 bits per heavy atom. The van der Waals surface area contributed by atoms with Crippen LogP contribution in [0.5, 0.6) is 11.5 Å². The minimum atomic E-state index is 0.363. The average Bonchev–Trinajstić information content (AvgIpc) is 2.81. The molecule has 33 heavy (non-hydrogen) atoms. The molecule has 0 radical (unpaired) electrons. The molecule has 1 saturated heterocycles. The predicted octanol–water partition coefficient (Wildman–Crippen LogP) is 3.86. The van der Waals surface area contributed by atoms with Crippen molar-refractivity contribution in [2.75, 3.05) is 71.6 Å². The van der Waals surface area contributed by atoms with Crippen molar-refractivity contribution in [2.45, 2.75) is 0 Å². The normalized spacial score (nSPS) is 15.1. The fourth-order valence-electron chi connectivity index (χ4n) is 3.94. The number of piperazine rings is 1. The number of nitrogens with one attached hydrogen (secondary N) is 1. The zero-order valence-electron chi connectivity index (χ0n) is 19.0. The Kier molecular flexibility index (Phi) is 7.29. The molecule has 0 amide bonds. The molecule has 0 aliphatic carbocycles. The number of aromatic nitrogens is 2. The number of anilines is 2. The number of methoxy groups -OCH3 is 2. The Balaban J connectivity index is 1.72. The van der Waals surface area contributed by atoms with Gasteiger partial charge in [0.05, 0.1) is 30.0 Å². The van der Waals surface area contributed by atoms with Gasteiger partial charge in [0.2, 0.25) is 0 Å². The summed E-state index contributed by atoms with van der Waals surface area (Å²) in [6, 6.07) is 5.37. The summed E-state index contributed by atoms with van der Waals surface area (Å²) in [7, 11) is 5.24. The maximum Gasteiger partial charge on any atom is 0.141 e. The van der Waals surface area contributed by atoms with Crippen LogP contribution in [0.4, 0.5) is 11.6 Å². The highest BCUT2D eigenvalue weighted by Crippen LogP contribution is 2.46. The first-order valence-corrected chi connectivity index (χ1v) is 11.5. The summed E-state index contributed by atoms with van der Waals surface area (Å²) in [6.07, 6.45) is 1.72. The number of pyridine rings is 2. The number of hydrogen-bond donors (Lipinski definition) is 2. The number of ether oxygens (including phenoxy) is 2. The molecule has 1 aliphatic heterocycles. The number of rotatable bonds is 7. The first-order valence-electron chi connectivity index (χ1n) is 10.7. The van der Waals surface area contributed by atoms with Crippen LogP contribution in [-0.4, -0.2) is 80.3 Å². The predicted molar refractivity (Wildman–Crippen MR) is 135 cm³/mol. The highest BCUT2D eigenvalue weighted by molar-refractivity contribution is 6.41. The molecule has 176 valence electrons. The number of nitrogen functional groups attached to an aromatic ring is 1. The van der Waals surface area contributed by atoms with Crippen molar-refractivity contribution in [1.29, 1.82) is 0 Å². The van der Waals surface area contributed by atoms with Gasteiger partial charge in [-0.15, -0.1) is 0 Å². The molecule has 1 aliphatic rings. The fraction of sp³-hybridized carbons (Fsp3) is 0.391. The Morgan fingerprint density at radius 1 is 1.03 bits per heavy atom. The van der Waals surface area contributed by atoms with Crippen LogP contribution >= 0.6 is 23.2 Å². The highest BCUT2D eigenvalue weighted by Gasteiger charge is 2.21. The molecule has 4 rings (SSSR count). The molecular formula is C23H28Cl2N6O2. The van der Waals surface area contributed by atoms with E-state index in [9.17, 15) is 0 Å². The maximum atomic E-state index is 6.65. The summed E-state index contributed by atoms with van der Waals surface area (Å²) in [4.78, 5) is 13.9. The second kappa shape index (κ2) is 10.2. The monoisotopic (exact) mass is 490 g/mol. The van der Waals surface area contributed by atoms with E-state index in [2.05, 4.69) is 27.1 Å². The lowest BCUT2D eigenvalue weighted by Crippen LogP contribution is -2.45. The lowest BCUT2D eigenvalue weighted by Gasteiger charge is -2.32. The number of hydrogen-bond acceptors (Lipinski definition) is 8. The molecule has 3 N–H and O–H groups in total. The first kappa shape index (κ1) is 23.6. The number of nitrogens with zero attached hydrogens (tertiary/aromatic N) is 4. The molecule has 8 nitrogen and oxygen atoms in total. The van der Waals surface area contributed by atoms with Crippen LogP contribution in [0, 0.1) is 0 Å². The highest BCUT2D eigenvalue weighted by atomic mass is 35.5. The van der Waals surface area contributed by atoms with Gasteiger partial charge >= 0.3 is 0 Å². The Hall–Kier alpha value is -2.52. The zero-order chi connectivity index (χ0) is 23.5. The largest absolute Gasteiger partial charge is 0.495 e. The number of nitrogens with two attached hydrogens (primary N) is 1. The molecular weight excluding hydrogens is 463 g/mol. The number of benzene rings is 1. The summed E-state index contributed by atoms with van der Waals surface area (Å²) >= 11 is 13.3. The van der Waals surface area contributed by atoms with Crippen LogP contribution in [0.3, 0.4) is 0 Å². The van der Waals surface area contributed by atoms with E-state index in [1.165, 1.54) is 0 Å². The van der Waals surface area contributed by atoms with Gasteiger partial charge in [-0.05, 0) is 19.2 Å². The summed E-state index contributed by atoms with van der Waals surface area (Å²) < 4.78 is 10.9. The lowest BCUT2D eigenvalue weighted by molar-refractivity contribution is 0.158. The van der Waals surface area contributed by atoms with E-state index in [-0.39, 0.29) is 0 Å². The van der Waals surface area contributed by atoms with Gasteiger partial charge in [0.15, 0.2) is 0 Å². The third-order valence-electron chi connectivity index (χ3n) is 5.88. The quantitative estimate of drug-likeness (QED) is 0.515. The maximum absolute atomic E-state index is 6.65. The SMILES string of the molecule is COc1cc(OC)c(Cl)c(-c2cc3cnc(N)cc3c(NCCN3CCN(C)CC3)n2)c1Cl. The Morgan fingerprint density at radius 2 is 1.70 bits per heavy atom. The summed E-state index contributed by atoms with van der Waals surface area (Å²) in [5.74, 6) is 2.03. The number of halogens is 2. The molecule has 1 fully saturated rings. The van der Waals surface area contributed by atoms with Gasteiger partial charge in [-0.1, -0.05) is 23.2 Å². The lowest BCUT2D eigenvalue weighted by atomic mass is 10.1. The van der Waals surface area contributed by atoms with Crippen LogP contribution in [0.1, 0.15) is 0 Å². The van der Waals surface area contributed by atoms with Gasteiger partial charge in [-0.3, -0.25) is 4.90 Å². The smallest absolute Gasteiger partial charge is 0.141 e. The molecule has 0 atom stereocenters. The van der Waals surface area contributed by atoms with Crippen molar-refractivity contribution in [1.82, 2.24) is 19.8 Å². The average molecular weight is 491 g/mol. The zero-order valence-corrected chi connectivity index (χ0v) is 20.5. The van der Waals surface area contributed by atoms with E-state index in [0.29, 0.717) is 44.4 Å². The number of likely N-dealkylation sites (N-methyl/N-ethyl adjacent to an activating group) is 1. The molecule has 1 aromatic carbocycles. The van der Waals surface area contributed by atoms with Crippen LogP contribution in [0.15, 0.2) is 24.4 Å². The Bertz CT molecular complexity index is 1120. The van der Waals surface area contributed by atoms with Crippen molar-refractivity contribution in [2.24, 2.45) is 0 Å². The van der Waals surface area contributed by atoms with Gasteiger partial charge in [0.1, 0.15) is 23.1 Å². The van der Waals surface area contributed by atoms with E-state index in [1.807, 2.05) is 12.1 Å². The first-order chi connectivity index (χ1) is 15.9. The van der Waals surface area contributed by atoms with Gasteiger partial charge in [-0.25, -0.2) is 9.97 Å². The van der Waals surface area contributed by atoms with Crippen molar-refractivity contribution in [3.63, 3.8) is 0 Å². The molecule has 2 aromatic heterocycles. The van der Waals surface area contributed by atoms with Crippen molar-refractivity contribution in [3.8, 4) is 22.8 Å². The van der Waals surface area contributed by atoms with Crippen LogP contribution in [0.25, 0.3) is 22.0 Å². The van der Waals surface area contributed by atoms with Gasteiger partial charge in [0, 0.05) is 67.9 Å². The number of fused-ring (bicyclic) bond motifs is 1. The molecule has 0 bridgehead atoms. The Labute approximate surface area is 203 Å². The summed E-state index contributed by atoms with van der Waals surface area (Å²) in [5, 5.41) is 5.95. The minimum Gasteiger partial charge on any atom is -0.495 e. The van der Waals surface area contributed by atoms with Crippen molar-refractivity contribution < 1.29 is 9.47 Å².